The summed E-state index contributed by atoms with van der Waals surface area (Å²) in [7, 11) is 0. The summed E-state index contributed by atoms with van der Waals surface area (Å²) in [5.74, 6) is 7.12. The van der Waals surface area contributed by atoms with Crippen molar-refractivity contribution in [1.82, 2.24) is 0 Å². The van der Waals surface area contributed by atoms with E-state index in [0.717, 1.165) is 0 Å². The number of ether oxygens (including phenoxy) is 2. The molecule has 1 aliphatic rings. The molecule has 0 spiro atoms. The van der Waals surface area contributed by atoms with Gasteiger partial charge in [-0.15, -0.1) is 11.8 Å². The van der Waals surface area contributed by atoms with Gasteiger partial charge in [-0.1, -0.05) is 0 Å². The van der Waals surface area contributed by atoms with E-state index in [1.165, 1.54) is 0 Å². The van der Waals surface area contributed by atoms with Crippen molar-refractivity contribution < 1.29 is 14.3 Å². The molecule has 0 N–H and O–H groups in total. The van der Waals surface area contributed by atoms with Crippen LogP contribution in [-0.2, 0) is 0 Å². The van der Waals surface area contributed by atoms with Gasteiger partial charge in [0.15, 0.2) is 17.3 Å². The molecule has 1 aliphatic heterocycles. The Morgan fingerprint density at radius 2 is 2.06 bits per heavy atom. The van der Waals surface area contributed by atoms with E-state index in [4.69, 9.17) is 9.47 Å². The van der Waals surface area contributed by atoms with Gasteiger partial charge in [0.05, 0.1) is 0 Å². The van der Waals surface area contributed by atoms with Crippen LogP contribution in [0.1, 0.15) is 30.1 Å². The van der Waals surface area contributed by atoms with Gasteiger partial charge in [0.1, 0.15) is 13.2 Å². The number of Topliss-reactive ketones (excluding diaryl/α,β-unsaturated/α-hetero) is 1. The van der Waals surface area contributed by atoms with Crippen molar-refractivity contribution in [3.05, 3.63) is 23.8 Å². The number of rotatable bonds is 3. The number of ketones is 1. The lowest BCUT2D eigenvalue weighted by atomic mass is 10.1. The Balaban J connectivity index is 2.10. The lowest BCUT2D eigenvalue weighted by Gasteiger charge is -2.18. The second-order valence-corrected chi connectivity index (χ2v) is 3.71. The van der Waals surface area contributed by atoms with Crippen molar-refractivity contribution >= 4 is 5.78 Å². The molecule has 0 atom stereocenters. The van der Waals surface area contributed by atoms with Crippen LogP contribution < -0.4 is 9.47 Å². The highest BCUT2D eigenvalue weighted by Gasteiger charge is 2.14. The molecule has 0 saturated heterocycles. The zero-order valence-electron chi connectivity index (χ0n) is 9.79. The fourth-order valence-electron chi connectivity index (χ4n) is 1.66. The molecular formula is C14H14O3. The molecular weight excluding hydrogens is 216 g/mol. The highest BCUT2D eigenvalue weighted by atomic mass is 16.6. The zero-order valence-corrected chi connectivity index (χ0v) is 9.79. The van der Waals surface area contributed by atoms with E-state index in [0.29, 0.717) is 43.1 Å². The maximum Gasteiger partial charge on any atom is 0.163 e. The van der Waals surface area contributed by atoms with Crippen molar-refractivity contribution in [2.75, 3.05) is 13.2 Å². The number of benzene rings is 1. The molecule has 1 aromatic carbocycles. The SMILES string of the molecule is CC#CCCC(=O)c1ccc2c(c1)OCCO2. The maximum atomic E-state index is 11.8. The number of hydrogen-bond acceptors (Lipinski definition) is 3. The van der Waals surface area contributed by atoms with Crippen LogP contribution in [0.5, 0.6) is 11.5 Å². The minimum atomic E-state index is 0.0877. The lowest BCUT2D eigenvalue weighted by molar-refractivity contribution is 0.0983. The van der Waals surface area contributed by atoms with Crippen LogP contribution in [0.2, 0.25) is 0 Å². The molecule has 3 heteroatoms. The molecule has 0 bridgehead atoms. The molecule has 3 nitrogen and oxygen atoms in total. The largest absolute Gasteiger partial charge is 0.486 e. The third-order valence-corrected chi connectivity index (χ3v) is 2.52. The molecule has 0 fully saturated rings. The van der Waals surface area contributed by atoms with Gasteiger partial charge in [0, 0.05) is 18.4 Å². The zero-order chi connectivity index (χ0) is 12.1. The van der Waals surface area contributed by atoms with Gasteiger partial charge in [-0.05, 0) is 25.1 Å². The van der Waals surface area contributed by atoms with E-state index in [1.807, 2.05) is 0 Å². The number of carbonyl (C=O) groups is 1. The molecule has 1 aromatic rings. The predicted octanol–water partition coefficient (Wildman–Crippen LogP) is 2.44. The molecule has 0 unspecified atom stereocenters. The second-order valence-electron chi connectivity index (χ2n) is 3.71. The van der Waals surface area contributed by atoms with Gasteiger partial charge in [-0.25, -0.2) is 0 Å². The summed E-state index contributed by atoms with van der Waals surface area (Å²) >= 11 is 0. The monoisotopic (exact) mass is 230 g/mol. The van der Waals surface area contributed by atoms with Crippen LogP contribution >= 0.6 is 0 Å². The minimum Gasteiger partial charge on any atom is -0.486 e. The van der Waals surface area contributed by atoms with Gasteiger partial charge in [-0.3, -0.25) is 4.79 Å². The number of hydrogen-bond donors (Lipinski definition) is 0. The lowest BCUT2D eigenvalue weighted by Crippen LogP contribution is -2.15. The Bertz CT molecular complexity index is 480. The molecule has 0 radical (unpaired) electrons. The Morgan fingerprint density at radius 1 is 1.29 bits per heavy atom. The molecule has 1 heterocycles. The first-order valence-electron chi connectivity index (χ1n) is 5.63. The smallest absolute Gasteiger partial charge is 0.163 e. The van der Waals surface area contributed by atoms with E-state index in [9.17, 15) is 4.79 Å². The highest BCUT2D eigenvalue weighted by Crippen LogP contribution is 2.31. The molecule has 17 heavy (non-hydrogen) atoms. The predicted molar refractivity (Wildman–Crippen MR) is 64.4 cm³/mol. The Hall–Kier alpha value is -1.95. The van der Waals surface area contributed by atoms with E-state index in [-0.39, 0.29) is 5.78 Å². The Labute approximate surface area is 101 Å². The molecule has 0 saturated carbocycles. The summed E-state index contributed by atoms with van der Waals surface area (Å²) in [6, 6.07) is 5.30. The fraction of sp³-hybridized carbons (Fsp3) is 0.357. The minimum absolute atomic E-state index is 0.0877. The highest BCUT2D eigenvalue weighted by molar-refractivity contribution is 5.96. The van der Waals surface area contributed by atoms with Gasteiger partial charge in [0.2, 0.25) is 0 Å². The summed E-state index contributed by atoms with van der Waals surface area (Å²) in [5.41, 5.74) is 0.659. The summed E-state index contributed by atoms with van der Waals surface area (Å²) < 4.78 is 10.8. The quantitative estimate of drug-likeness (QED) is 0.591. The molecule has 2 rings (SSSR count). The van der Waals surface area contributed by atoms with Crippen LogP contribution in [-0.4, -0.2) is 19.0 Å². The summed E-state index contributed by atoms with van der Waals surface area (Å²) in [6.07, 6.45) is 1.05. The topological polar surface area (TPSA) is 35.5 Å². The molecule has 0 aliphatic carbocycles. The maximum absolute atomic E-state index is 11.8. The average molecular weight is 230 g/mol. The van der Waals surface area contributed by atoms with Crippen molar-refractivity contribution in [2.24, 2.45) is 0 Å². The first-order valence-corrected chi connectivity index (χ1v) is 5.63. The number of carbonyl (C=O) groups excluding carboxylic acids is 1. The van der Waals surface area contributed by atoms with E-state index < -0.39 is 0 Å². The summed E-state index contributed by atoms with van der Waals surface area (Å²) in [5, 5.41) is 0. The second kappa shape index (κ2) is 5.40. The average Bonchev–Trinajstić information content (AvgIpc) is 2.38. The van der Waals surface area contributed by atoms with Gasteiger partial charge < -0.3 is 9.47 Å². The van der Waals surface area contributed by atoms with Crippen LogP contribution in [0.4, 0.5) is 0 Å². The standard InChI is InChI=1S/C14H14O3/c1-2-3-4-5-12(15)11-6-7-13-14(10-11)17-9-8-16-13/h6-7,10H,4-5,8-9H2,1H3. The van der Waals surface area contributed by atoms with Gasteiger partial charge >= 0.3 is 0 Å². The van der Waals surface area contributed by atoms with Crippen LogP contribution in [0.15, 0.2) is 18.2 Å². The molecule has 0 aromatic heterocycles. The Morgan fingerprint density at radius 3 is 2.82 bits per heavy atom. The van der Waals surface area contributed by atoms with Crippen LogP contribution in [0, 0.1) is 11.8 Å². The van der Waals surface area contributed by atoms with E-state index in [2.05, 4.69) is 11.8 Å². The van der Waals surface area contributed by atoms with Crippen LogP contribution in [0.3, 0.4) is 0 Å². The van der Waals surface area contributed by atoms with Crippen molar-refractivity contribution in [2.45, 2.75) is 19.8 Å². The molecule has 88 valence electrons. The van der Waals surface area contributed by atoms with Crippen molar-refractivity contribution in [1.29, 1.82) is 0 Å². The molecule has 0 amide bonds. The first-order chi connectivity index (χ1) is 8.31. The van der Waals surface area contributed by atoms with E-state index in [1.54, 1.807) is 25.1 Å². The van der Waals surface area contributed by atoms with Gasteiger partial charge in [-0.2, -0.15) is 0 Å². The third kappa shape index (κ3) is 2.79. The summed E-state index contributed by atoms with van der Waals surface area (Å²) in [4.78, 5) is 11.8. The van der Waals surface area contributed by atoms with Crippen molar-refractivity contribution in [3.8, 4) is 23.3 Å². The Kier molecular flexibility index (Phi) is 3.66. The van der Waals surface area contributed by atoms with Crippen LogP contribution in [0.25, 0.3) is 0 Å². The third-order valence-electron chi connectivity index (χ3n) is 2.52. The van der Waals surface area contributed by atoms with Gasteiger partial charge in [0.25, 0.3) is 0 Å². The fourth-order valence-corrected chi connectivity index (χ4v) is 1.66. The number of fused-ring (bicyclic) bond motifs is 1. The van der Waals surface area contributed by atoms with Crippen molar-refractivity contribution in [3.63, 3.8) is 0 Å². The normalized spacial score (nSPS) is 12.5. The first kappa shape index (κ1) is 11.5. The van der Waals surface area contributed by atoms with E-state index >= 15 is 0 Å². The summed E-state index contributed by atoms with van der Waals surface area (Å²) in [6.45, 7) is 2.87.